The molecule has 0 aliphatic heterocycles. The van der Waals surface area contributed by atoms with Crippen LogP contribution >= 0.6 is 0 Å². The Morgan fingerprint density at radius 1 is 0.593 bits per heavy atom. The molecule has 0 spiro atoms. The van der Waals surface area contributed by atoms with Gasteiger partial charge in [0.2, 0.25) is 0 Å². The van der Waals surface area contributed by atoms with Crippen LogP contribution in [0.25, 0.3) is 0 Å². The van der Waals surface area contributed by atoms with Crippen LogP contribution < -0.4 is 0 Å². The molecule has 0 aromatic carbocycles. The quantitative estimate of drug-likeness (QED) is 0.323. The summed E-state index contributed by atoms with van der Waals surface area (Å²) in [6, 6.07) is 0. The van der Waals surface area contributed by atoms with E-state index in [1.165, 1.54) is 51.4 Å². The Labute approximate surface area is 165 Å². The molecule has 0 unspecified atom stereocenters. The summed E-state index contributed by atoms with van der Waals surface area (Å²) >= 11 is 0. The van der Waals surface area contributed by atoms with Crippen molar-refractivity contribution >= 4 is 11.9 Å². The average Bonchev–Trinajstić information content (AvgIpc) is 2.61. The number of carbonyl (C=O) groups excluding carboxylic acids is 2. The molecule has 0 amide bonds. The molecule has 1 saturated carbocycles. The molecule has 0 saturated heterocycles. The summed E-state index contributed by atoms with van der Waals surface area (Å²) < 4.78 is 11.4. The fourth-order valence-corrected chi connectivity index (χ4v) is 3.42. The maximum atomic E-state index is 12.3. The van der Waals surface area contributed by atoms with E-state index in [-0.39, 0.29) is 0 Å². The van der Waals surface area contributed by atoms with E-state index in [1.54, 1.807) is 13.8 Å². The second-order valence-electron chi connectivity index (χ2n) is 7.99. The van der Waals surface area contributed by atoms with E-state index in [0.717, 1.165) is 25.7 Å². The molecular weight excluding hydrogens is 340 g/mol. The van der Waals surface area contributed by atoms with Gasteiger partial charge in [-0.15, -0.1) is 0 Å². The van der Waals surface area contributed by atoms with E-state index < -0.39 is 17.7 Å². The monoisotopic (exact) mass is 378 g/mol. The van der Waals surface area contributed by atoms with Gasteiger partial charge in [0.1, 0.15) is 0 Å². The third-order valence-corrected chi connectivity index (χ3v) is 5.12. The minimum Gasteiger partial charge on any atom is -0.419 e. The lowest BCUT2D eigenvalue weighted by atomic mass is 9.99. The fraction of sp³-hybridized carbons (Fsp3) is 0.739. The minimum absolute atomic E-state index is 0.316. The topological polar surface area (TPSA) is 52.6 Å². The zero-order chi connectivity index (χ0) is 20.1. The molecular formula is C23H38O4. The first-order valence-corrected chi connectivity index (χ1v) is 10.6. The summed E-state index contributed by atoms with van der Waals surface area (Å²) in [7, 11) is 0. The standard InChI is InChI=1S/C23H38O4/c1-19(2)21(24)26-23(27-22(25)20(3)4)17-15-13-11-9-7-5-6-8-10-12-14-16-18-23/h1,3,5-18H2,2,4H3. The Balaban J connectivity index is 2.90. The summed E-state index contributed by atoms with van der Waals surface area (Å²) in [6.45, 7) is 10.6. The lowest BCUT2D eigenvalue weighted by Crippen LogP contribution is -2.40. The molecule has 0 atom stereocenters. The van der Waals surface area contributed by atoms with Gasteiger partial charge in [-0.2, -0.15) is 0 Å². The highest BCUT2D eigenvalue weighted by Gasteiger charge is 2.38. The summed E-state index contributed by atoms with van der Waals surface area (Å²) in [6.07, 6.45) is 15.0. The van der Waals surface area contributed by atoms with Gasteiger partial charge in [-0.1, -0.05) is 77.4 Å². The predicted octanol–water partition coefficient (Wildman–Crippen LogP) is 6.40. The number of carbonyl (C=O) groups is 2. The van der Waals surface area contributed by atoms with Crippen LogP contribution in [0.3, 0.4) is 0 Å². The van der Waals surface area contributed by atoms with Crippen molar-refractivity contribution < 1.29 is 19.1 Å². The zero-order valence-electron chi connectivity index (χ0n) is 17.4. The third-order valence-electron chi connectivity index (χ3n) is 5.12. The van der Waals surface area contributed by atoms with E-state index in [9.17, 15) is 9.59 Å². The highest BCUT2D eigenvalue weighted by molar-refractivity contribution is 5.89. The molecule has 1 aliphatic rings. The molecule has 27 heavy (non-hydrogen) atoms. The first kappa shape index (κ1) is 23.5. The van der Waals surface area contributed by atoms with Gasteiger partial charge in [-0.3, -0.25) is 0 Å². The minimum atomic E-state index is -1.20. The van der Waals surface area contributed by atoms with Crippen molar-refractivity contribution in [2.75, 3.05) is 0 Å². The van der Waals surface area contributed by atoms with E-state index in [1.807, 2.05) is 0 Å². The normalized spacial score (nSPS) is 19.8. The van der Waals surface area contributed by atoms with Crippen LogP contribution in [0.5, 0.6) is 0 Å². The second-order valence-corrected chi connectivity index (χ2v) is 7.99. The maximum absolute atomic E-state index is 12.3. The highest BCUT2D eigenvalue weighted by atomic mass is 16.7. The maximum Gasteiger partial charge on any atom is 0.336 e. The molecule has 154 valence electrons. The Morgan fingerprint density at radius 3 is 1.11 bits per heavy atom. The molecule has 1 rings (SSSR count). The molecule has 0 N–H and O–H groups in total. The molecule has 1 fully saturated rings. The summed E-state index contributed by atoms with van der Waals surface area (Å²) in [5.74, 6) is -2.20. The smallest absolute Gasteiger partial charge is 0.336 e. The average molecular weight is 379 g/mol. The van der Waals surface area contributed by atoms with Crippen molar-refractivity contribution in [3.8, 4) is 0 Å². The number of esters is 2. The molecule has 4 heteroatoms. The molecule has 4 nitrogen and oxygen atoms in total. The second kappa shape index (κ2) is 12.7. The molecule has 0 heterocycles. The van der Waals surface area contributed by atoms with Gasteiger partial charge < -0.3 is 9.47 Å². The molecule has 0 aromatic heterocycles. The molecule has 0 aromatic rings. The Morgan fingerprint density at radius 2 is 0.852 bits per heavy atom. The number of rotatable bonds is 4. The van der Waals surface area contributed by atoms with Gasteiger partial charge in [0.25, 0.3) is 5.79 Å². The lowest BCUT2D eigenvalue weighted by Gasteiger charge is -2.33. The van der Waals surface area contributed by atoms with Crippen LogP contribution in [0.1, 0.15) is 104 Å². The van der Waals surface area contributed by atoms with Gasteiger partial charge in [0, 0.05) is 24.0 Å². The summed E-state index contributed by atoms with van der Waals surface area (Å²) in [4.78, 5) is 24.5. The largest absolute Gasteiger partial charge is 0.419 e. The molecule has 0 bridgehead atoms. The van der Waals surface area contributed by atoms with Crippen molar-refractivity contribution in [1.29, 1.82) is 0 Å². The Hall–Kier alpha value is -1.58. The van der Waals surface area contributed by atoms with Crippen LogP contribution in [0, 0.1) is 0 Å². The van der Waals surface area contributed by atoms with Crippen LogP contribution in [0.15, 0.2) is 24.3 Å². The first-order chi connectivity index (χ1) is 12.9. The predicted molar refractivity (Wildman–Crippen MR) is 109 cm³/mol. The number of hydrogen-bond acceptors (Lipinski definition) is 4. The number of hydrogen-bond donors (Lipinski definition) is 0. The fourth-order valence-electron chi connectivity index (χ4n) is 3.42. The summed E-state index contributed by atoms with van der Waals surface area (Å²) in [5, 5.41) is 0. The summed E-state index contributed by atoms with van der Waals surface area (Å²) in [5.41, 5.74) is 0.633. The van der Waals surface area contributed by atoms with Crippen molar-refractivity contribution in [2.45, 2.75) is 110 Å². The van der Waals surface area contributed by atoms with Gasteiger partial charge in [0.15, 0.2) is 0 Å². The number of ether oxygens (including phenoxy) is 2. The van der Waals surface area contributed by atoms with Crippen LogP contribution in [0.2, 0.25) is 0 Å². The van der Waals surface area contributed by atoms with Crippen molar-refractivity contribution in [2.24, 2.45) is 0 Å². The Bertz CT molecular complexity index is 461. The first-order valence-electron chi connectivity index (χ1n) is 10.6. The zero-order valence-corrected chi connectivity index (χ0v) is 17.4. The van der Waals surface area contributed by atoms with Crippen LogP contribution in [0.4, 0.5) is 0 Å². The third kappa shape index (κ3) is 9.78. The molecule has 0 radical (unpaired) electrons. The highest BCUT2D eigenvalue weighted by Crippen LogP contribution is 2.31. The van der Waals surface area contributed by atoms with E-state index in [0.29, 0.717) is 24.0 Å². The van der Waals surface area contributed by atoms with Gasteiger partial charge in [-0.25, -0.2) is 9.59 Å². The van der Waals surface area contributed by atoms with E-state index in [4.69, 9.17) is 9.47 Å². The van der Waals surface area contributed by atoms with Gasteiger partial charge in [0.05, 0.1) is 0 Å². The van der Waals surface area contributed by atoms with Crippen LogP contribution in [-0.2, 0) is 19.1 Å². The van der Waals surface area contributed by atoms with Crippen molar-refractivity contribution in [3.63, 3.8) is 0 Å². The van der Waals surface area contributed by atoms with Crippen molar-refractivity contribution in [3.05, 3.63) is 24.3 Å². The van der Waals surface area contributed by atoms with Crippen molar-refractivity contribution in [1.82, 2.24) is 0 Å². The van der Waals surface area contributed by atoms with Gasteiger partial charge >= 0.3 is 11.9 Å². The lowest BCUT2D eigenvalue weighted by molar-refractivity contribution is -0.229. The SMILES string of the molecule is C=C(C)C(=O)OC1(OC(=O)C(=C)C)CCCCCCCCCCCCCC1. The van der Waals surface area contributed by atoms with E-state index >= 15 is 0 Å². The van der Waals surface area contributed by atoms with Crippen LogP contribution in [-0.4, -0.2) is 17.7 Å². The van der Waals surface area contributed by atoms with Gasteiger partial charge in [-0.05, 0) is 26.7 Å². The molecule has 1 aliphatic carbocycles. The Kier molecular flexibility index (Phi) is 11.1. The van der Waals surface area contributed by atoms with E-state index in [2.05, 4.69) is 13.2 Å².